The largest absolute Gasteiger partial charge is 0.192 e. The van der Waals surface area contributed by atoms with Crippen LogP contribution in [0.3, 0.4) is 0 Å². The van der Waals surface area contributed by atoms with Crippen LogP contribution in [0.1, 0.15) is 0 Å². The van der Waals surface area contributed by atoms with Crippen molar-refractivity contribution in [2.45, 2.75) is 0 Å². The van der Waals surface area contributed by atoms with Crippen molar-refractivity contribution < 1.29 is 0 Å². The normalized spacial score (nSPS) is 5.83. The summed E-state index contributed by atoms with van der Waals surface area (Å²) >= 11 is 0. The van der Waals surface area contributed by atoms with Crippen LogP contribution in [0.2, 0.25) is 0 Å². The molecule has 0 aliphatic rings. The highest BCUT2D eigenvalue weighted by atomic mass is 14.2. The Morgan fingerprint density at radius 3 is 2.33 bits per heavy atom. The number of nitrogens with zero attached hydrogens (tertiary/aromatic N) is 1. The minimum atomic E-state index is 0.412. The van der Waals surface area contributed by atoms with Gasteiger partial charge in [0.05, 0.1) is 6.07 Å². The van der Waals surface area contributed by atoms with Crippen LogP contribution in [0, 0.1) is 11.3 Å². The number of hydrogen-bond acceptors (Lipinski definition) is 1. The zero-order valence-electron chi connectivity index (χ0n) is 3.44. The zero-order chi connectivity index (χ0) is 4.99. The highest BCUT2D eigenvalue weighted by molar-refractivity contribution is 5.26. The molecular formula is C5H5N. The molecule has 0 N–H and O–H groups in total. The van der Waals surface area contributed by atoms with Crippen LogP contribution in [0.25, 0.3) is 0 Å². The van der Waals surface area contributed by atoms with Crippen molar-refractivity contribution in [1.82, 2.24) is 0 Å². The molecule has 0 aromatic heterocycles. The molecule has 0 aromatic carbocycles. The van der Waals surface area contributed by atoms with Crippen LogP contribution in [-0.2, 0) is 0 Å². The lowest BCUT2D eigenvalue weighted by Crippen LogP contribution is -1.57. The summed E-state index contributed by atoms with van der Waals surface area (Å²) in [5, 5.41) is 7.91. The summed E-state index contributed by atoms with van der Waals surface area (Å²) in [6, 6.07) is 1.80. The average molecular weight is 79.1 g/mol. The second-order valence-corrected chi connectivity index (χ2v) is 0.841. The lowest BCUT2D eigenvalue weighted by Gasteiger charge is -1.68. The van der Waals surface area contributed by atoms with Gasteiger partial charge in [-0.05, 0) is 0 Å². The van der Waals surface area contributed by atoms with Crippen LogP contribution in [0.5, 0.6) is 0 Å². The molecule has 0 unspecified atom stereocenters. The minimum Gasteiger partial charge on any atom is -0.192 e. The zero-order valence-corrected chi connectivity index (χ0v) is 3.44. The van der Waals surface area contributed by atoms with Gasteiger partial charge in [-0.3, -0.25) is 0 Å². The summed E-state index contributed by atoms with van der Waals surface area (Å²) < 4.78 is 0. The summed E-state index contributed by atoms with van der Waals surface area (Å²) in [7, 11) is 0. The van der Waals surface area contributed by atoms with Gasteiger partial charge in [0, 0.05) is 5.57 Å². The van der Waals surface area contributed by atoms with Crippen LogP contribution in [0.4, 0.5) is 0 Å². The number of rotatable bonds is 1. The fourth-order valence-electron chi connectivity index (χ4n) is 0.0456. The molecule has 0 atom stereocenters. The molecule has 0 aliphatic heterocycles. The van der Waals surface area contributed by atoms with E-state index in [0.29, 0.717) is 5.57 Å². The molecule has 0 aromatic rings. The fraction of sp³-hybridized carbons (Fsp3) is 0. The van der Waals surface area contributed by atoms with Gasteiger partial charge in [0.1, 0.15) is 0 Å². The van der Waals surface area contributed by atoms with Crippen molar-refractivity contribution >= 4 is 0 Å². The Morgan fingerprint density at radius 2 is 2.33 bits per heavy atom. The van der Waals surface area contributed by atoms with E-state index in [1.807, 2.05) is 0 Å². The predicted octanol–water partition coefficient (Wildman–Crippen LogP) is 1.25. The first-order valence-corrected chi connectivity index (χ1v) is 1.52. The number of nitriles is 1. The molecule has 0 amide bonds. The molecule has 1 nitrogen and oxygen atoms in total. The van der Waals surface area contributed by atoms with E-state index in [0.717, 1.165) is 0 Å². The lowest BCUT2D eigenvalue weighted by atomic mass is 10.3. The molecule has 0 heterocycles. The van der Waals surface area contributed by atoms with Crippen LogP contribution in [-0.4, -0.2) is 0 Å². The number of allylic oxidation sites excluding steroid dienone is 2. The van der Waals surface area contributed by atoms with E-state index >= 15 is 0 Å². The van der Waals surface area contributed by atoms with Crippen molar-refractivity contribution in [2.24, 2.45) is 0 Å². The van der Waals surface area contributed by atoms with E-state index in [9.17, 15) is 0 Å². The van der Waals surface area contributed by atoms with E-state index in [1.54, 1.807) is 6.07 Å². The first-order valence-electron chi connectivity index (χ1n) is 1.52. The fourth-order valence-corrected chi connectivity index (χ4v) is 0.0456. The van der Waals surface area contributed by atoms with Gasteiger partial charge >= 0.3 is 0 Å². The lowest BCUT2D eigenvalue weighted by molar-refractivity contribution is 1.51. The molecule has 0 spiro atoms. The first-order chi connectivity index (χ1) is 2.81. The third-order valence-electron chi connectivity index (χ3n) is 0.390. The maximum absolute atomic E-state index is 7.91. The number of hydrogen-bond donors (Lipinski definition) is 0. The highest BCUT2D eigenvalue weighted by Gasteiger charge is 1.70. The SMILES string of the molecule is C=CC(=C)C#N. The topological polar surface area (TPSA) is 23.8 Å². The summed E-state index contributed by atoms with van der Waals surface area (Å²) in [6.07, 6.45) is 1.42. The van der Waals surface area contributed by atoms with Crippen LogP contribution in [0.15, 0.2) is 24.8 Å². The summed E-state index contributed by atoms with van der Waals surface area (Å²) in [5.74, 6) is 0. The predicted molar refractivity (Wildman–Crippen MR) is 24.9 cm³/mol. The summed E-state index contributed by atoms with van der Waals surface area (Å²) in [4.78, 5) is 0. The molecule has 0 saturated carbocycles. The van der Waals surface area contributed by atoms with E-state index in [1.165, 1.54) is 6.08 Å². The van der Waals surface area contributed by atoms with Crippen molar-refractivity contribution in [1.29, 1.82) is 5.26 Å². The maximum atomic E-state index is 7.91. The molecule has 0 fully saturated rings. The molecule has 6 heavy (non-hydrogen) atoms. The van der Waals surface area contributed by atoms with E-state index in [-0.39, 0.29) is 0 Å². The van der Waals surface area contributed by atoms with Crippen molar-refractivity contribution in [2.75, 3.05) is 0 Å². The molecule has 0 saturated heterocycles. The Bertz CT molecular complexity index is 106. The molecular weight excluding hydrogens is 74.1 g/mol. The Kier molecular flexibility index (Phi) is 1.84. The Balaban J connectivity index is 3.63. The Labute approximate surface area is 37.2 Å². The quantitative estimate of drug-likeness (QED) is 0.343. The second kappa shape index (κ2) is 2.22. The molecule has 1 heteroatoms. The van der Waals surface area contributed by atoms with Gasteiger partial charge in [-0.2, -0.15) is 5.26 Å². The van der Waals surface area contributed by atoms with Gasteiger partial charge in [0.2, 0.25) is 0 Å². The first kappa shape index (κ1) is 4.97. The van der Waals surface area contributed by atoms with Gasteiger partial charge in [0.15, 0.2) is 0 Å². The summed E-state index contributed by atoms with van der Waals surface area (Å²) in [5.41, 5.74) is 0.412. The van der Waals surface area contributed by atoms with Crippen molar-refractivity contribution in [3.05, 3.63) is 24.8 Å². The Hall–Kier alpha value is -1.03. The monoisotopic (exact) mass is 79.0 g/mol. The standard InChI is InChI=1S/C5H5N/c1-3-5(2)4-6/h3H,1-2H2. The van der Waals surface area contributed by atoms with E-state index in [4.69, 9.17) is 5.26 Å². The van der Waals surface area contributed by atoms with E-state index in [2.05, 4.69) is 13.2 Å². The smallest absolute Gasteiger partial charge is 0.0985 e. The average Bonchev–Trinajstić information content (AvgIpc) is 1.65. The van der Waals surface area contributed by atoms with Gasteiger partial charge < -0.3 is 0 Å². The maximum Gasteiger partial charge on any atom is 0.0985 e. The highest BCUT2D eigenvalue weighted by Crippen LogP contribution is 1.81. The summed E-state index contributed by atoms with van der Waals surface area (Å²) in [6.45, 7) is 6.62. The second-order valence-electron chi connectivity index (χ2n) is 0.841. The van der Waals surface area contributed by atoms with Crippen molar-refractivity contribution in [3.8, 4) is 6.07 Å². The van der Waals surface area contributed by atoms with Gasteiger partial charge in [0.25, 0.3) is 0 Å². The third-order valence-corrected chi connectivity index (χ3v) is 0.390. The minimum absolute atomic E-state index is 0.412. The van der Waals surface area contributed by atoms with Crippen LogP contribution < -0.4 is 0 Å². The molecule has 0 aliphatic carbocycles. The molecule has 30 valence electrons. The van der Waals surface area contributed by atoms with E-state index < -0.39 is 0 Å². The van der Waals surface area contributed by atoms with Crippen LogP contribution >= 0.6 is 0 Å². The van der Waals surface area contributed by atoms with Gasteiger partial charge in [-0.25, -0.2) is 0 Å². The van der Waals surface area contributed by atoms with Gasteiger partial charge in [-0.1, -0.05) is 19.2 Å². The van der Waals surface area contributed by atoms with Crippen molar-refractivity contribution in [3.63, 3.8) is 0 Å². The Morgan fingerprint density at radius 1 is 1.83 bits per heavy atom. The van der Waals surface area contributed by atoms with Gasteiger partial charge in [-0.15, -0.1) is 0 Å². The third kappa shape index (κ3) is 1.31. The molecule has 0 rings (SSSR count). The molecule has 0 bridgehead atoms. The molecule has 0 radical (unpaired) electrons.